The van der Waals surface area contributed by atoms with Gasteiger partial charge in [-0.15, -0.1) is 0 Å². The molecule has 0 aromatic heterocycles. The number of halogens is 1. The molecular weight excluding hydrogens is 461 g/mol. The highest BCUT2D eigenvalue weighted by Gasteiger charge is 2.55. The maximum absolute atomic E-state index is 13.4. The highest BCUT2D eigenvalue weighted by molar-refractivity contribution is 5.81. The number of hydrogen-bond acceptors (Lipinski definition) is 6. The van der Waals surface area contributed by atoms with Crippen molar-refractivity contribution in [3.8, 4) is 0 Å². The van der Waals surface area contributed by atoms with Gasteiger partial charge in [0.15, 0.2) is 5.60 Å². The number of carbonyl (C=O) groups is 2. The van der Waals surface area contributed by atoms with Gasteiger partial charge in [0.1, 0.15) is 12.4 Å². The van der Waals surface area contributed by atoms with E-state index in [1.165, 1.54) is 19.2 Å². The summed E-state index contributed by atoms with van der Waals surface area (Å²) in [5, 5.41) is 0. The first-order valence-corrected chi connectivity index (χ1v) is 12.9. The van der Waals surface area contributed by atoms with E-state index >= 15 is 0 Å². The van der Waals surface area contributed by atoms with Crippen LogP contribution in [0.25, 0.3) is 0 Å². The van der Waals surface area contributed by atoms with Gasteiger partial charge in [-0.2, -0.15) is 0 Å². The Morgan fingerprint density at radius 1 is 1.06 bits per heavy atom. The van der Waals surface area contributed by atoms with Gasteiger partial charge in [-0.3, -0.25) is 9.69 Å². The third-order valence-electron chi connectivity index (χ3n) is 8.14. The zero-order chi connectivity index (χ0) is 25.1. The summed E-state index contributed by atoms with van der Waals surface area (Å²) < 4.78 is 30.7. The normalized spacial score (nSPS) is 28.9. The fourth-order valence-electron chi connectivity index (χ4n) is 5.92. The van der Waals surface area contributed by atoms with Crippen LogP contribution < -0.4 is 0 Å². The highest BCUT2D eigenvalue weighted by atomic mass is 19.1. The molecule has 0 N–H and O–H groups in total. The van der Waals surface area contributed by atoms with Crippen molar-refractivity contribution in [2.75, 3.05) is 26.8 Å². The predicted molar refractivity (Wildman–Crippen MR) is 132 cm³/mol. The number of nitrogens with zero attached hydrogens (tertiary/aromatic N) is 1. The number of likely N-dealkylation sites (tertiary alicyclic amines) is 1. The van der Waals surface area contributed by atoms with Crippen LogP contribution in [-0.4, -0.2) is 55.3 Å². The summed E-state index contributed by atoms with van der Waals surface area (Å²) >= 11 is 0. The number of esters is 2. The van der Waals surface area contributed by atoms with Crippen LogP contribution in [0.5, 0.6) is 0 Å². The summed E-state index contributed by atoms with van der Waals surface area (Å²) in [7, 11) is 1.41. The number of methoxy groups -OCH3 is 1. The summed E-state index contributed by atoms with van der Waals surface area (Å²) in [5.74, 6) is -0.921. The summed E-state index contributed by atoms with van der Waals surface area (Å²) in [6, 6.07) is 16.2. The van der Waals surface area contributed by atoms with E-state index in [9.17, 15) is 14.0 Å². The minimum absolute atomic E-state index is 0.0164. The number of rotatable bonds is 7. The van der Waals surface area contributed by atoms with Crippen LogP contribution in [0.2, 0.25) is 0 Å². The molecule has 0 bridgehead atoms. The zero-order valence-corrected chi connectivity index (χ0v) is 20.7. The first kappa shape index (κ1) is 24.9. The van der Waals surface area contributed by atoms with Crippen LogP contribution in [0.4, 0.5) is 4.39 Å². The lowest BCUT2D eigenvalue weighted by atomic mass is 9.79. The van der Waals surface area contributed by atoms with Crippen molar-refractivity contribution in [2.45, 2.75) is 56.3 Å². The Morgan fingerprint density at radius 2 is 1.81 bits per heavy atom. The maximum atomic E-state index is 13.4. The minimum Gasteiger partial charge on any atom is -0.469 e. The number of benzene rings is 2. The molecule has 2 aliphatic heterocycles. The molecule has 0 spiro atoms. The lowest BCUT2D eigenvalue weighted by molar-refractivity contribution is -0.190. The molecule has 5 rings (SSSR count). The molecule has 0 unspecified atom stereocenters. The van der Waals surface area contributed by atoms with E-state index in [0.29, 0.717) is 19.6 Å². The van der Waals surface area contributed by atoms with E-state index in [1.54, 1.807) is 12.1 Å². The Balaban J connectivity index is 1.23. The van der Waals surface area contributed by atoms with Crippen LogP contribution in [-0.2, 0) is 30.4 Å². The number of carbonyl (C=O) groups excluding carboxylic acids is 2. The van der Waals surface area contributed by atoms with Gasteiger partial charge in [0.05, 0.1) is 19.6 Å². The largest absolute Gasteiger partial charge is 0.469 e. The Labute approximate surface area is 211 Å². The van der Waals surface area contributed by atoms with Crippen molar-refractivity contribution in [2.24, 2.45) is 11.8 Å². The van der Waals surface area contributed by atoms with Gasteiger partial charge in [0.25, 0.3) is 0 Å². The summed E-state index contributed by atoms with van der Waals surface area (Å²) in [6.07, 6.45) is 4.18. The third-order valence-corrected chi connectivity index (χ3v) is 8.14. The van der Waals surface area contributed by atoms with Crippen molar-refractivity contribution in [3.63, 3.8) is 0 Å². The zero-order valence-electron chi connectivity index (χ0n) is 20.7. The number of ether oxygens (including phenoxy) is 3. The third kappa shape index (κ3) is 5.18. The van der Waals surface area contributed by atoms with Crippen molar-refractivity contribution in [1.29, 1.82) is 0 Å². The fraction of sp³-hybridized carbons (Fsp3) is 0.517. The van der Waals surface area contributed by atoms with E-state index < -0.39 is 5.60 Å². The second kappa shape index (κ2) is 10.7. The van der Waals surface area contributed by atoms with Crippen molar-refractivity contribution >= 4 is 11.9 Å². The second-order valence-electron chi connectivity index (χ2n) is 10.3. The van der Waals surface area contributed by atoms with Gasteiger partial charge in [-0.05, 0) is 73.7 Å². The molecule has 7 heteroatoms. The highest BCUT2D eigenvalue weighted by Crippen LogP contribution is 2.48. The first-order chi connectivity index (χ1) is 17.5. The molecule has 1 aliphatic carbocycles. The Morgan fingerprint density at radius 3 is 2.44 bits per heavy atom. The van der Waals surface area contributed by atoms with Gasteiger partial charge < -0.3 is 14.2 Å². The predicted octanol–water partition coefficient (Wildman–Crippen LogP) is 4.48. The lowest BCUT2D eigenvalue weighted by Gasteiger charge is -2.46. The molecule has 2 aromatic carbocycles. The standard InChI is InChI=1S/C29H34FNO5/c1-34-27(32)26-17-31(16-14-25(26)21-7-11-23(30)12-8-21)24-13-15-29(36-19-24,22-9-10-22)28(33)35-18-20-5-3-2-4-6-20/h2-8,11-12,22,24-26H,9-10,13-19H2,1H3/t24-,25+,26-,29+/m1/s1. The van der Waals surface area contributed by atoms with Crippen LogP contribution >= 0.6 is 0 Å². The molecule has 2 heterocycles. The molecular formula is C29H34FNO5. The van der Waals surface area contributed by atoms with Gasteiger partial charge in [-0.1, -0.05) is 42.5 Å². The van der Waals surface area contributed by atoms with Crippen LogP contribution in [0.1, 0.15) is 49.1 Å². The van der Waals surface area contributed by atoms with E-state index in [1.807, 2.05) is 30.3 Å². The van der Waals surface area contributed by atoms with Gasteiger partial charge in [-0.25, -0.2) is 9.18 Å². The molecule has 1 saturated carbocycles. The van der Waals surface area contributed by atoms with E-state index in [-0.39, 0.29) is 48.2 Å². The molecule has 2 saturated heterocycles. The van der Waals surface area contributed by atoms with Gasteiger partial charge >= 0.3 is 11.9 Å². The summed E-state index contributed by atoms with van der Waals surface area (Å²) in [4.78, 5) is 28.2. The average Bonchev–Trinajstić information content (AvgIpc) is 3.78. The van der Waals surface area contributed by atoms with E-state index in [2.05, 4.69) is 4.90 Å². The monoisotopic (exact) mass is 495 g/mol. The van der Waals surface area contributed by atoms with Gasteiger partial charge in [0, 0.05) is 12.6 Å². The van der Waals surface area contributed by atoms with Crippen LogP contribution in [0.15, 0.2) is 54.6 Å². The summed E-state index contributed by atoms with van der Waals surface area (Å²) in [5.41, 5.74) is 1.06. The Hall–Kier alpha value is -2.77. The van der Waals surface area contributed by atoms with E-state index in [0.717, 1.165) is 43.4 Å². The van der Waals surface area contributed by atoms with Gasteiger partial charge in [0.2, 0.25) is 0 Å². The average molecular weight is 496 g/mol. The molecule has 36 heavy (non-hydrogen) atoms. The lowest BCUT2D eigenvalue weighted by Crippen LogP contribution is -2.56. The molecule has 0 amide bonds. The minimum atomic E-state index is -0.862. The van der Waals surface area contributed by atoms with Crippen molar-refractivity contribution in [3.05, 3.63) is 71.5 Å². The van der Waals surface area contributed by atoms with E-state index in [4.69, 9.17) is 14.2 Å². The van der Waals surface area contributed by atoms with Crippen molar-refractivity contribution < 1.29 is 28.2 Å². The maximum Gasteiger partial charge on any atom is 0.339 e. The van der Waals surface area contributed by atoms with Crippen LogP contribution in [0, 0.1) is 17.7 Å². The molecule has 0 radical (unpaired) electrons. The molecule has 3 aliphatic rings. The fourth-order valence-corrected chi connectivity index (χ4v) is 5.92. The first-order valence-electron chi connectivity index (χ1n) is 12.9. The number of hydrogen-bond donors (Lipinski definition) is 0. The molecule has 4 atom stereocenters. The quantitative estimate of drug-likeness (QED) is 0.528. The number of piperidine rings is 1. The Bertz CT molecular complexity index is 1050. The molecule has 6 nitrogen and oxygen atoms in total. The van der Waals surface area contributed by atoms with Crippen LogP contribution in [0.3, 0.4) is 0 Å². The smallest absolute Gasteiger partial charge is 0.339 e. The summed E-state index contributed by atoms with van der Waals surface area (Å²) in [6.45, 7) is 2.04. The molecule has 192 valence electrons. The molecule has 2 aromatic rings. The second-order valence-corrected chi connectivity index (χ2v) is 10.3. The Kier molecular flexibility index (Phi) is 7.39. The van der Waals surface area contributed by atoms with Crippen molar-refractivity contribution in [1.82, 2.24) is 4.90 Å². The SMILES string of the molecule is COC(=O)[C@@H]1CN([C@@H]2CC[C@@](C(=O)OCc3ccccc3)(C3CC3)OC2)CC[C@H]1c1ccc(F)cc1. The molecule has 3 fully saturated rings. The topological polar surface area (TPSA) is 65.1 Å².